The van der Waals surface area contributed by atoms with Crippen molar-refractivity contribution >= 4 is 7.37 Å². The minimum absolute atomic E-state index is 0.501. The Kier molecular flexibility index (Phi) is 6.54. The quantitative estimate of drug-likeness (QED) is 0.665. The molecule has 0 amide bonds. The molecule has 0 aromatic heterocycles. The van der Waals surface area contributed by atoms with Crippen molar-refractivity contribution in [3.05, 3.63) is 0 Å². The van der Waals surface area contributed by atoms with E-state index in [1.165, 1.54) is 0 Å². The first-order valence-electron chi connectivity index (χ1n) is 5.77. The Morgan fingerprint density at radius 2 is 2.00 bits per heavy atom. The molecule has 1 N–H and O–H groups in total. The summed E-state index contributed by atoms with van der Waals surface area (Å²) in [5.41, 5.74) is 0. The van der Waals surface area contributed by atoms with Gasteiger partial charge in [-0.1, -0.05) is 0 Å². The summed E-state index contributed by atoms with van der Waals surface area (Å²) in [6, 6.07) is 0. The van der Waals surface area contributed by atoms with Crippen LogP contribution in [0.25, 0.3) is 0 Å². The maximum absolute atomic E-state index is 11.9. The molecule has 0 bridgehead atoms. The topological polar surface area (TPSA) is 50.8 Å². The van der Waals surface area contributed by atoms with E-state index in [-0.39, 0.29) is 0 Å². The minimum atomic E-state index is -2.44. The molecule has 96 valence electrons. The van der Waals surface area contributed by atoms with Crippen LogP contribution in [0.4, 0.5) is 0 Å². The number of nitrogens with zero attached hydrogens (tertiary/aromatic N) is 1. The molecule has 1 saturated heterocycles. The van der Waals surface area contributed by atoms with Crippen molar-refractivity contribution in [2.24, 2.45) is 0 Å². The van der Waals surface area contributed by atoms with Gasteiger partial charge in [0.1, 0.15) is 0 Å². The van der Waals surface area contributed by atoms with Crippen molar-refractivity contribution in [2.45, 2.75) is 0 Å². The smallest absolute Gasteiger partial charge is 0.202 e. The summed E-state index contributed by atoms with van der Waals surface area (Å²) in [6.07, 6.45) is 0.505. The Balaban J connectivity index is 2.10. The van der Waals surface area contributed by atoms with Gasteiger partial charge in [0, 0.05) is 52.7 Å². The Bertz CT molecular complexity index is 232. The van der Waals surface area contributed by atoms with Gasteiger partial charge in [-0.15, -0.1) is 0 Å². The van der Waals surface area contributed by atoms with Crippen molar-refractivity contribution in [3.63, 3.8) is 0 Å². The van der Waals surface area contributed by atoms with Crippen LogP contribution in [0.3, 0.4) is 0 Å². The molecule has 0 saturated carbocycles. The highest BCUT2D eigenvalue weighted by Crippen LogP contribution is 2.41. The van der Waals surface area contributed by atoms with Crippen molar-refractivity contribution < 1.29 is 13.8 Å². The fraction of sp³-hybridized carbons (Fsp3) is 1.00. The van der Waals surface area contributed by atoms with Crippen LogP contribution in [-0.2, 0) is 13.8 Å². The van der Waals surface area contributed by atoms with Crippen LogP contribution in [0.15, 0.2) is 0 Å². The van der Waals surface area contributed by atoms with E-state index in [9.17, 15) is 4.57 Å². The van der Waals surface area contributed by atoms with Crippen molar-refractivity contribution in [2.75, 3.05) is 65.9 Å². The second-order valence-electron chi connectivity index (χ2n) is 4.16. The summed E-state index contributed by atoms with van der Waals surface area (Å²) in [5, 5.41) is 3.30. The van der Waals surface area contributed by atoms with Gasteiger partial charge >= 0.3 is 0 Å². The molecule has 1 atom stereocenters. The molecule has 0 aliphatic carbocycles. The molecular formula is C10H23N2O3P. The van der Waals surface area contributed by atoms with Crippen LogP contribution in [-0.4, -0.2) is 70.8 Å². The SMILES string of the molecule is COCCP(C)(=O)OCCN1CCNCC1. The first-order valence-corrected chi connectivity index (χ1v) is 8.03. The predicted molar refractivity (Wildman–Crippen MR) is 65.5 cm³/mol. The molecule has 0 spiro atoms. The first kappa shape index (κ1) is 14.1. The molecule has 1 heterocycles. The Hall–Kier alpha value is 0.0700. The van der Waals surface area contributed by atoms with Gasteiger partial charge in [0.15, 0.2) is 0 Å². The predicted octanol–water partition coefficient (Wildman–Crippen LogP) is 0.463. The van der Waals surface area contributed by atoms with Gasteiger partial charge in [-0.05, 0) is 0 Å². The van der Waals surface area contributed by atoms with Crippen molar-refractivity contribution in [1.82, 2.24) is 10.2 Å². The molecule has 1 rings (SSSR count). The number of nitrogens with one attached hydrogen (secondary N) is 1. The standard InChI is InChI=1S/C10H23N2O3P/c1-14-9-10-16(2,13)15-8-7-12-5-3-11-4-6-12/h11H,3-10H2,1-2H3. The number of hydrogen-bond donors (Lipinski definition) is 1. The lowest BCUT2D eigenvalue weighted by Crippen LogP contribution is -2.44. The summed E-state index contributed by atoms with van der Waals surface area (Å²) in [6.45, 7) is 7.78. The number of methoxy groups -OCH3 is 1. The molecular weight excluding hydrogens is 227 g/mol. The lowest BCUT2D eigenvalue weighted by molar-refractivity contribution is 0.187. The van der Waals surface area contributed by atoms with Gasteiger partial charge < -0.3 is 14.6 Å². The van der Waals surface area contributed by atoms with Gasteiger partial charge in [0.2, 0.25) is 7.37 Å². The summed E-state index contributed by atoms with van der Waals surface area (Å²) >= 11 is 0. The second kappa shape index (κ2) is 7.41. The largest absolute Gasteiger partial charge is 0.384 e. The normalized spacial score (nSPS) is 21.9. The van der Waals surface area contributed by atoms with E-state index in [1.807, 2.05) is 0 Å². The molecule has 1 fully saturated rings. The van der Waals surface area contributed by atoms with E-state index >= 15 is 0 Å². The summed E-state index contributed by atoms with van der Waals surface area (Å²) in [5.74, 6) is 0. The summed E-state index contributed by atoms with van der Waals surface area (Å²) in [4.78, 5) is 2.33. The van der Waals surface area contributed by atoms with Crippen LogP contribution in [0, 0.1) is 0 Å². The number of rotatable bonds is 7. The zero-order valence-electron chi connectivity index (χ0n) is 10.3. The van der Waals surface area contributed by atoms with Crippen molar-refractivity contribution in [3.8, 4) is 0 Å². The Morgan fingerprint density at radius 1 is 1.31 bits per heavy atom. The lowest BCUT2D eigenvalue weighted by atomic mass is 10.4. The van der Waals surface area contributed by atoms with E-state index in [0.29, 0.717) is 19.4 Å². The van der Waals surface area contributed by atoms with Crippen LogP contribution < -0.4 is 5.32 Å². The number of piperazine rings is 1. The van der Waals surface area contributed by atoms with Crippen LogP contribution in [0.1, 0.15) is 0 Å². The van der Waals surface area contributed by atoms with Crippen LogP contribution in [0.5, 0.6) is 0 Å². The van der Waals surface area contributed by atoms with E-state index in [2.05, 4.69) is 10.2 Å². The fourth-order valence-electron chi connectivity index (χ4n) is 1.62. The molecule has 1 unspecified atom stereocenters. The van der Waals surface area contributed by atoms with Gasteiger partial charge in [0.05, 0.1) is 13.2 Å². The second-order valence-corrected chi connectivity index (χ2v) is 6.89. The van der Waals surface area contributed by atoms with Crippen molar-refractivity contribution in [1.29, 1.82) is 0 Å². The molecule has 16 heavy (non-hydrogen) atoms. The fourth-order valence-corrected chi connectivity index (χ4v) is 2.73. The molecule has 0 radical (unpaired) electrons. The van der Waals surface area contributed by atoms with E-state index in [1.54, 1.807) is 13.8 Å². The molecule has 5 nitrogen and oxygen atoms in total. The molecule has 0 aromatic rings. The first-order chi connectivity index (χ1) is 7.64. The maximum Gasteiger partial charge on any atom is 0.202 e. The third kappa shape index (κ3) is 5.97. The van der Waals surface area contributed by atoms with Gasteiger partial charge in [-0.25, -0.2) is 0 Å². The van der Waals surface area contributed by atoms with Crippen LogP contribution >= 0.6 is 7.37 Å². The summed E-state index contributed by atoms with van der Waals surface area (Å²) < 4.78 is 22.2. The van der Waals surface area contributed by atoms with E-state index in [4.69, 9.17) is 9.26 Å². The lowest BCUT2D eigenvalue weighted by Gasteiger charge is -2.27. The average molecular weight is 250 g/mol. The highest BCUT2D eigenvalue weighted by Gasteiger charge is 2.16. The summed E-state index contributed by atoms with van der Waals surface area (Å²) in [7, 11) is -0.832. The van der Waals surface area contributed by atoms with Gasteiger partial charge in [-0.2, -0.15) is 0 Å². The van der Waals surface area contributed by atoms with Gasteiger partial charge in [-0.3, -0.25) is 9.46 Å². The third-order valence-corrected chi connectivity index (χ3v) is 4.41. The highest BCUT2D eigenvalue weighted by atomic mass is 31.2. The zero-order valence-corrected chi connectivity index (χ0v) is 11.2. The van der Waals surface area contributed by atoms with E-state index in [0.717, 1.165) is 32.7 Å². The monoisotopic (exact) mass is 250 g/mol. The Morgan fingerprint density at radius 3 is 2.62 bits per heavy atom. The highest BCUT2D eigenvalue weighted by molar-refractivity contribution is 7.58. The Labute approximate surface area is 97.9 Å². The maximum atomic E-state index is 11.9. The van der Waals surface area contributed by atoms with Crippen LogP contribution in [0.2, 0.25) is 0 Å². The number of ether oxygens (including phenoxy) is 1. The molecule has 6 heteroatoms. The minimum Gasteiger partial charge on any atom is -0.384 e. The van der Waals surface area contributed by atoms with E-state index < -0.39 is 7.37 Å². The molecule has 0 aromatic carbocycles. The molecule has 1 aliphatic rings. The molecule has 1 aliphatic heterocycles. The van der Waals surface area contributed by atoms with Gasteiger partial charge in [0.25, 0.3) is 0 Å². The zero-order chi connectivity index (χ0) is 11.9. The number of hydrogen-bond acceptors (Lipinski definition) is 5. The third-order valence-electron chi connectivity index (χ3n) is 2.68. The average Bonchev–Trinajstić information content (AvgIpc) is 2.28.